The van der Waals surface area contributed by atoms with Gasteiger partial charge in [-0.25, -0.2) is 8.42 Å². The van der Waals surface area contributed by atoms with Crippen LogP contribution < -0.4 is 0 Å². The molecule has 8 nitrogen and oxygen atoms in total. The zero-order chi connectivity index (χ0) is 14.2. The van der Waals surface area contributed by atoms with Gasteiger partial charge >= 0.3 is 5.97 Å². The van der Waals surface area contributed by atoms with Gasteiger partial charge in [-0.2, -0.15) is 4.31 Å². The number of rotatable bonds is 4. The summed E-state index contributed by atoms with van der Waals surface area (Å²) in [5, 5.41) is 22.0. The Kier molecular flexibility index (Phi) is 3.61. The lowest BCUT2D eigenvalue weighted by atomic mass is 10.2. The van der Waals surface area contributed by atoms with E-state index >= 15 is 0 Å². The standard InChI is InChI=1S/C10H14N2O6S/c1-6-2-7(11-18-6)5-19(16,17)12-4-8(13)3-9(12)10(14)15/h2,8-9,13H,3-5H2,1H3,(H,14,15)/t8-,9-/m1/s1. The Morgan fingerprint density at radius 3 is 2.84 bits per heavy atom. The Morgan fingerprint density at radius 1 is 1.63 bits per heavy atom. The molecule has 0 amide bonds. The maximum absolute atomic E-state index is 12.1. The Hall–Kier alpha value is -1.45. The van der Waals surface area contributed by atoms with Crippen LogP contribution in [0.5, 0.6) is 0 Å². The van der Waals surface area contributed by atoms with Crippen molar-refractivity contribution in [2.45, 2.75) is 31.2 Å². The topological polar surface area (TPSA) is 121 Å². The van der Waals surface area contributed by atoms with Gasteiger partial charge in [-0.05, 0) is 6.92 Å². The fourth-order valence-electron chi connectivity index (χ4n) is 2.07. The number of carboxylic acids is 1. The highest BCUT2D eigenvalue weighted by atomic mass is 32.2. The van der Waals surface area contributed by atoms with E-state index in [1.54, 1.807) is 6.92 Å². The zero-order valence-electron chi connectivity index (χ0n) is 10.2. The zero-order valence-corrected chi connectivity index (χ0v) is 11.0. The average molecular weight is 290 g/mol. The van der Waals surface area contributed by atoms with Crippen molar-refractivity contribution in [3.05, 3.63) is 17.5 Å². The third kappa shape index (κ3) is 2.94. The summed E-state index contributed by atoms with van der Waals surface area (Å²) in [6, 6.07) is 0.243. The number of aliphatic hydroxyl groups is 1. The lowest BCUT2D eigenvalue weighted by molar-refractivity contribution is -0.140. The highest BCUT2D eigenvalue weighted by Gasteiger charge is 2.43. The number of hydrogen-bond donors (Lipinski definition) is 2. The lowest BCUT2D eigenvalue weighted by Crippen LogP contribution is -2.41. The van der Waals surface area contributed by atoms with Crippen LogP contribution in [-0.2, 0) is 20.6 Å². The van der Waals surface area contributed by atoms with Gasteiger partial charge in [0, 0.05) is 19.0 Å². The van der Waals surface area contributed by atoms with E-state index in [4.69, 9.17) is 9.63 Å². The van der Waals surface area contributed by atoms with Gasteiger partial charge in [0.2, 0.25) is 10.0 Å². The summed E-state index contributed by atoms with van der Waals surface area (Å²) < 4.78 is 29.9. The summed E-state index contributed by atoms with van der Waals surface area (Å²) in [6.45, 7) is 1.42. The van der Waals surface area contributed by atoms with E-state index in [2.05, 4.69) is 5.16 Å². The van der Waals surface area contributed by atoms with Crippen molar-refractivity contribution in [3.8, 4) is 0 Å². The van der Waals surface area contributed by atoms with Crippen molar-refractivity contribution in [2.24, 2.45) is 0 Å². The van der Waals surface area contributed by atoms with Crippen LogP contribution in [0.15, 0.2) is 10.6 Å². The van der Waals surface area contributed by atoms with E-state index in [1.807, 2.05) is 0 Å². The van der Waals surface area contributed by atoms with Crippen LogP contribution in [0.3, 0.4) is 0 Å². The molecule has 0 spiro atoms. The van der Waals surface area contributed by atoms with Crippen LogP contribution in [-0.4, -0.2) is 52.8 Å². The number of carboxylic acid groups (broad SMARTS) is 1. The van der Waals surface area contributed by atoms with Crippen LogP contribution >= 0.6 is 0 Å². The molecular formula is C10H14N2O6S. The molecule has 2 N–H and O–H groups in total. The van der Waals surface area contributed by atoms with Gasteiger partial charge in [-0.3, -0.25) is 4.79 Å². The summed E-state index contributed by atoms with van der Waals surface area (Å²) in [6.07, 6.45) is -1.07. The Balaban J connectivity index is 2.21. The smallest absolute Gasteiger partial charge is 0.322 e. The van der Waals surface area contributed by atoms with Gasteiger partial charge < -0.3 is 14.7 Å². The predicted octanol–water partition coefficient (Wildman–Crippen LogP) is -0.667. The minimum absolute atomic E-state index is 0.105. The van der Waals surface area contributed by atoms with Gasteiger partial charge in [-0.15, -0.1) is 0 Å². The van der Waals surface area contributed by atoms with E-state index in [9.17, 15) is 18.3 Å². The van der Waals surface area contributed by atoms with Gasteiger partial charge in [0.05, 0.1) is 6.10 Å². The number of β-amino-alcohol motifs (C(OH)–C–C–N with tert-alkyl or cyclic N) is 1. The summed E-state index contributed by atoms with van der Waals surface area (Å²) in [7, 11) is -3.86. The monoisotopic (exact) mass is 290 g/mol. The van der Waals surface area contributed by atoms with Crippen LogP contribution in [0.25, 0.3) is 0 Å². The number of aliphatic hydroxyl groups excluding tert-OH is 1. The molecule has 0 aliphatic carbocycles. The maximum Gasteiger partial charge on any atom is 0.322 e. The fraction of sp³-hybridized carbons (Fsp3) is 0.600. The van der Waals surface area contributed by atoms with Crippen LogP contribution in [0, 0.1) is 6.92 Å². The number of sulfonamides is 1. The quantitative estimate of drug-likeness (QED) is 0.754. The van der Waals surface area contributed by atoms with Crippen LogP contribution in [0.1, 0.15) is 17.9 Å². The lowest BCUT2D eigenvalue weighted by Gasteiger charge is -2.19. The van der Waals surface area contributed by atoms with Crippen molar-refractivity contribution in [3.63, 3.8) is 0 Å². The van der Waals surface area contributed by atoms with E-state index in [0.717, 1.165) is 4.31 Å². The molecule has 0 radical (unpaired) electrons. The summed E-state index contributed by atoms with van der Waals surface area (Å²) >= 11 is 0. The largest absolute Gasteiger partial charge is 0.480 e. The second-order valence-electron chi connectivity index (χ2n) is 4.50. The van der Waals surface area contributed by atoms with Crippen molar-refractivity contribution >= 4 is 16.0 Å². The van der Waals surface area contributed by atoms with E-state index < -0.39 is 33.9 Å². The minimum atomic E-state index is -3.86. The van der Waals surface area contributed by atoms with Gasteiger partial charge in [-0.1, -0.05) is 5.16 Å². The maximum atomic E-state index is 12.1. The molecule has 2 atom stereocenters. The molecule has 19 heavy (non-hydrogen) atoms. The number of hydrogen-bond acceptors (Lipinski definition) is 6. The molecule has 2 rings (SSSR count). The summed E-state index contributed by atoms with van der Waals surface area (Å²) in [5.74, 6) is -1.24. The van der Waals surface area contributed by atoms with Crippen molar-refractivity contribution < 1.29 is 27.9 Å². The fourth-order valence-corrected chi connectivity index (χ4v) is 3.71. The van der Waals surface area contributed by atoms with E-state index in [0.29, 0.717) is 5.76 Å². The van der Waals surface area contributed by atoms with Crippen molar-refractivity contribution in [2.75, 3.05) is 6.54 Å². The summed E-state index contributed by atoms with van der Waals surface area (Å²) in [5.41, 5.74) is 0.211. The molecule has 1 aromatic heterocycles. The van der Waals surface area contributed by atoms with Crippen molar-refractivity contribution in [1.82, 2.24) is 9.46 Å². The molecule has 106 valence electrons. The first-order chi connectivity index (χ1) is 8.79. The molecule has 2 heterocycles. The Morgan fingerprint density at radius 2 is 2.32 bits per heavy atom. The number of aryl methyl sites for hydroxylation is 1. The Labute approximate surface area is 109 Å². The molecule has 0 saturated carbocycles. The number of aliphatic carboxylic acids is 1. The third-order valence-corrected chi connectivity index (χ3v) is 4.66. The second kappa shape index (κ2) is 4.91. The molecule has 1 aromatic rings. The second-order valence-corrected chi connectivity index (χ2v) is 6.42. The molecule has 1 aliphatic rings. The van der Waals surface area contributed by atoms with E-state index in [-0.39, 0.29) is 18.7 Å². The molecule has 1 aliphatic heterocycles. The van der Waals surface area contributed by atoms with E-state index in [1.165, 1.54) is 6.07 Å². The highest BCUT2D eigenvalue weighted by Crippen LogP contribution is 2.24. The molecule has 9 heteroatoms. The first-order valence-corrected chi connectivity index (χ1v) is 7.23. The van der Waals surface area contributed by atoms with Gasteiger partial charge in [0.15, 0.2) is 0 Å². The minimum Gasteiger partial charge on any atom is -0.480 e. The molecule has 1 saturated heterocycles. The predicted molar refractivity (Wildman–Crippen MR) is 62.6 cm³/mol. The first-order valence-electron chi connectivity index (χ1n) is 5.62. The molecule has 0 unspecified atom stereocenters. The molecule has 0 bridgehead atoms. The number of nitrogens with zero attached hydrogens (tertiary/aromatic N) is 2. The molecule has 0 aromatic carbocycles. The highest BCUT2D eigenvalue weighted by molar-refractivity contribution is 7.88. The normalized spacial score (nSPS) is 24.7. The summed E-state index contributed by atoms with van der Waals surface area (Å²) in [4.78, 5) is 11.0. The van der Waals surface area contributed by atoms with Gasteiger partial charge in [0.25, 0.3) is 0 Å². The van der Waals surface area contributed by atoms with Crippen molar-refractivity contribution in [1.29, 1.82) is 0 Å². The number of aromatic nitrogens is 1. The Bertz CT molecular complexity index is 581. The first kappa shape index (κ1) is 14.0. The van der Waals surface area contributed by atoms with Gasteiger partial charge in [0.1, 0.15) is 23.2 Å². The molecule has 1 fully saturated rings. The average Bonchev–Trinajstić information content (AvgIpc) is 2.85. The van der Waals surface area contributed by atoms with Crippen LogP contribution in [0.4, 0.5) is 0 Å². The van der Waals surface area contributed by atoms with Crippen LogP contribution in [0.2, 0.25) is 0 Å². The third-order valence-electron chi connectivity index (χ3n) is 2.88. The SMILES string of the molecule is Cc1cc(CS(=O)(=O)N2C[C@H](O)C[C@@H]2C(=O)O)no1. The number of carbonyl (C=O) groups is 1. The molecular weight excluding hydrogens is 276 g/mol.